The highest BCUT2D eigenvalue weighted by atomic mass is 32.1. The van der Waals surface area contributed by atoms with Crippen LogP contribution in [0.2, 0.25) is 0 Å². The number of carbonyl (C=O) groups is 4. The lowest BCUT2D eigenvalue weighted by Gasteiger charge is -2.34. The first-order valence-electron chi connectivity index (χ1n) is 17.6. The van der Waals surface area contributed by atoms with Gasteiger partial charge in [-0.2, -0.15) is 25.3 Å². The van der Waals surface area contributed by atoms with Crippen LogP contribution < -0.4 is 21.3 Å². The summed E-state index contributed by atoms with van der Waals surface area (Å²) in [5.74, 6) is -0.0127. The number of thiol groups is 2. The first-order valence-corrected chi connectivity index (χ1v) is 18.7. The van der Waals surface area contributed by atoms with Crippen molar-refractivity contribution in [3.8, 4) is 0 Å². The van der Waals surface area contributed by atoms with Crippen LogP contribution in [0.25, 0.3) is 0 Å². The molecule has 0 spiro atoms. The molecule has 0 fully saturated rings. The Labute approximate surface area is 304 Å². The van der Waals surface area contributed by atoms with Crippen molar-refractivity contribution in [1.29, 1.82) is 0 Å². The third-order valence-electron chi connectivity index (χ3n) is 6.93. The molecule has 4 amide bonds. The fourth-order valence-electron chi connectivity index (χ4n) is 4.33. The first kappa shape index (κ1) is 47.3. The molecule has 0 saturated heterocycles. The Morgan fingerprint density at radius 1 is 0.551 bits per heavy atom. The van der Waals surface area contributed by atoms with Gasteiger partial charge in [-0.3, -0.25) is 19.2 Å². The van der Waals surface area contributed by atoms with Crippen LogP contribution in [0.3, 0.4) is 0 Å². The molecule has 16 heteroatoms. The average Bonchev–Trinajstić information content (AvgIpc) is 3.08. The Bertz CT molecular complexity index is 781. The molecule has 0 rings (SSSR count). The topological polar surface area (TPSA) is 172 Å². The zero-order chi connectivity index (χ0) is 36.4. The molecule has 0 heterocycles. The summed E-state index contributed by atoms with van der Waals surface area (Å²) in [6.45, 7) is 10.0. The maximum Gasteiger partial charge on any atom is 0.222 e. The number of hydrogen-bond acceptors (Lipinski definition) is 12. The zero-order valence-corrected chi connectivity index (χ0v) is 31.8. The van der Waals surface area contributed by atoms with Gasteiger partial charge in [0.1, 0.15) is 5.54 Å². The molecule has 0 aliphatic rings. The van der Waals surface area contributed by atoms with Gasteiger partial charge in [-0.15, -0.1) is 0 Å². The monoisotopic (exact) mass is 740 g/mol. The van der Waals surface area contributed by atoms with Gasteiger partial charge in [0, 0.05) is 70.4 Å². The number of hydrogen-bond donors (Lipinski definition) is 6. The molecule has 0 aromatic heterocycles. The number of carbonyl (C=O) groups excluding carboxylic acids is 4. The SMILES string of the molecule is CCOCCNC(=O)CCOCC(COCCC(=O)NCCOCC)(COCCC(=O)NCCOCC)NC(=O)CCCCC(S)CCS. The van der Waals surface area contributed by atoms with Gasteiger partial charge in [-0.25, -0.2) is 0 Å². The second kappa shape index (κ2) is 33.5. The molecule has 0 aromatic rings. The van der Waals surface area contributed by atoms with Crippen LogP contribution in [-0.4, -0.2) is 139 Å². The van der Waals surface area contributed by atoms with Gasteiger partial charge in [-0.05, 0) is 45.8 Å². The number of rotatable bonds is 35. The molecule has 1 atom stereocenters. The van der Waals surface area contributed by atoms with Crippen molar-refractivity contribution in [2.24, 2.45) is 0 Å². The maximum atomic E-state index is 13.2. The molecule has 4 N–H and O–H groups in total. The lowest BCUT2D eigenvalue weighted by Crippen LogP contribution is -2.58. The molecule has 1 unspecified atom stereocenters. The van der Waals surface area contributed by atoms with Crippen LogP contribution in [0, 0.1) is 0 Å². The Kier molecular flexibility index (Phi) is 32.3. The van der Waals surface area contributed by atoms with E-state index in [-0.39, 0.29) is 94.2 Å². The van der Waals surface area contributed by atoms with Gasteiger partial charge < -0.3 is 49.7 Å². The normalized spacial score (nSPS) is 12.0. The van der Waals surface area contributed by atoms with Gasteiger partial charge in [0.25, 0.3) is 0 Å². The third-order valence-corrected chi connectivity index (χ3v) is 7.71. The summed E-state index contributed by atoms with van der Waals surface area (Å²) in [6.07, 6.45) is 3.88. The maximum absolute atomic E-state index is 13.2. The summed E-state index contributed by atoms with van der Waals surface area (Å²) in [7, 11) is 0. The number of ether oxygens (including phenoxy) is 6. The largest absolute Gasteiger partial charge is 0.380 e. The summed E-state index contributed by atoms with van der Waals surface area (Å²) in [6, 6.07) is 0. The smallest absolute Gasteiger partial charge is 0.222 e. The molecule has 14 nitrogen and oxygen atoms in total. The van der Waals surface area contributed by atoms with Crippen LogP contribution in [-0.2, 0) is 47.6 Å². The molecular formula is C33H64N4O10S2. The lowest BCUT2D eigenvalue weighted by molar-refractivity contribution is -0.130. The van der Waals surface area contributed by atoms with Crippen molar-refractivity contribution < 1.29 is 47.6 Å². The van der Waals surface area contributed by atoms with Gasteiger partial charge in [0.15, 0.2) is 0 Å². The van der Waals surface area contributed by atoms with E-state index in [1.165, 1.54) is 0 Å². The summed E-state index contributed by atoms with van der Waals surface area (Å²) in [4.78, 5) is 50.0. The quantitative estimate of drug-likeness (QED) is 0.0415. The lowest BCUT2D eigenvalue weighted by atomic mass is 10.0. The van der Waals surface area contributed by atoms with E-state index < -0.39 is 5.54 Å². The molecule has 0 aliphatic heterocycles. The van der Waals surface area contributed by atoms with Crippen molar-refractivity contribution in [2.75, 3.05) is 105 Å². The van der Waals surface area contributed by atoms with Crippen molar-refractivity contribution in [2.45, 2.75) is 82.9 Å². The van der Waals surface area contributed by atoms with Gasteiger partial charge >= 0.3 is 0 Å². The molecule has 0 aliphatic carbocycles. The fraction of sp³-hybridized carbons (Fsp3) is 0.879. The van der Waals surface area contributed by atoms with Crippen molar-refractivity contribution in [3.05, 3.63) is 0 Å². The molecule has 0 bridgehead atoms. The van der Waals surface area contributed by atoms with Crippen LogP contribution in [0.1, 0.15) is 72.1 Å². The minimum Gasteiger partial charge on any atom is -0.380 e. The molecule has 49 heavy (non-hydrogen) atoms. The van der Waals surface area contributed by atoms with E-state index in [1.54, 1.807) is 0 Å². The van der Waals surface area contributed by atoms with Crippen molar-refractivity contribution in [1.82, 2.24) is 21.3 Å². The van der Waals surface area contributed by atoms with Gasteiger partial charge in [0.2, 0.25) is 23.6 Å². The van der Waals surface area contributed by atoms with E-state index >= 15 is 0 Å². The molecule has 0 radical (unpaired) electrons. The van der Waals surface area contributed by atoms with E-state index in [1.807, 2.05) is 20.8 Å². The summed E-state index contributed by atoms with van der Waals surface area (Å²) < 4.78 is 33.5. The fourth-order valence-corrected chi connectivity index (χ4v) is 5.16. The van der Waals surface area contributed by atoms with E-state index in [0.29, 0.717) is 65.7 Å². The van der Waals surface area contributed by atoms with Gasteiger partial charge in [0.05, 0.1) is 59.5 Å². The third kappa shape index (κ3) is 29.7. The second-order valence-electron chi connectivity index (χ2n) is 11.3. The minimum absolute atomic E-state index is 0.0211. The molecule has 0 saturated carbocycles. The van der Waals surface area contributed by atoms with E-state index in [4.69, 9.17) is 28.4 Å². The number of unbranched alkanes of at least 4 members (excludes halogenated alkanes) is 1. The predicted octanol–water partition coefficient (Wildman–Crippen LogP) is 1.70. The minimum atomic E-state index is -1.14. The Morgan fingerprint density at radius 2 is 0.959 bits per heavy atom. The highest BCUT2D eigenvalue weighted by Gasteiger charge is 2.34. The predicted molar refractivity (Wildman–Crippen MR) is 195 cm³/mol. The zero-order valence-electron chi connectivity index (χ0n) is 30.0. The second-order valence-corrected chi connectivity index (χ2v) is 12.5. The first-order chi connectivity index (χ1) is 23.7. The Balaban J connectivity index is 5.43. The number of nitrogens with one attached hydrogen (secondary N) is 4. The van der Waals surface area contributed by atoms with Crippen LogP contribution in [0.4, 0.5) is 0 Å². The average molecular weight is 741 g/mol. The number of amides is 4. The van der Waals surface area contributed by atoms with E-state index in [0.717, 1.165) is 25.0 Å². The van der Waals surface area contributed by atoms with Crippen molar-refractivity contribution in [3.63, 3.8) is 0 Å². The summed E-state index contributed by atoms with van der Waals surface area (Å²) >= 11 is 8.83. The Hall–Kier alpha value is -1.66. The van der Waals surface area contributed by atoms with Crippen LogP contribution in [0.5, 0.6) is 0 Å². The van der Waals surface area contributed by atoms with E-state index in [2.05, 4.69) is 46.5 Å². The highest BCUT2D eigenvalue weighted by molar-refractivity contribution is 7.81. The summed E-state index contributed by atoms with van der Waals surface area (Å²) in [5, 5.41) is 11.6. The highest BCUT2D eigenvalue weighted by Crippen LogP contribution is 2.15. The molecule has 288 valence electrons. The van der Waals surface area contributed by atoms with Crippen LogP contribution >= 0.6 is 25.3 Å². The molecular weight excluding hydrogens is 677 g/mol. The summed E-state index contributed by atoms with van der Waals surface area (Å²) in [5.41, 5.74) is -1.14. The van der Waals surface area contributed by atoms with E-state index in [9.17, 15) is 19.2 Å². The van der Waals surface area contributed by atoms with Crippen LogP contribution in [0.15, 0.2) is 0 Å². The van der Waals surface area contributed by atoms with Gasteiger partial charge in [-0.1, -0.05) is 6.42 Å². The molecule has 0 aromatic carbocycles. The van der Waals surface area contributed by atoms with Crippen molar-refractivity contribution >= 4 is 48.9 Å². The Morgan fingerprint density at radius 3 is 1.33 bits per heavy atom. The standard InChI is InChI=1S/C33H64N4O10S2/c1-4-42-21-15-34-29(38)11-18-45-25-33(26-46-19-12-30(39)35-16-22-43-5-2,27-47-20-13-31(40)36-17-23-44-6-3)37-32(41)10-8-7-9-28(49)14-24-48/h28,48-49H,4-27H2,1-3H3,(H,34,38)(H,35,39)(H,36,40)(H,37,41).